The maximum absolute atomic E-state index is 12.0. The summed E-state index contributed by atoms with van der Waals surface area (Å²) in [6, 6.07) is 19.4. The van der Waals surface area contributed by atoms with E-state index in [-0.39, 0.29) is 5.91 Å². The smallest absolute Gasteiger partial charge is 0.271 e. The van der Waals surface area contributed by atoms with Gasteiger partial charge in [-0.15, -0.1) is 0 Å². The van der Waals surface area contributed by atoms with Gasteiger partial charge in [0.05, 0.1) is 13.3 Å². The third-order valence-corrected chi connectivity index (χ3v) is 4.44. The number of carbonyl (C=O) groups is 1. The number of carbonyl (C=O) groups excluding carboxylic acids is 1. The van der Waals surface area contributed by atoms with Gasteiger partial charge in [0, 0.05) is 15.6 Å². The van der Waals surface area contributed by atoms with Gasteiger partial charge in [-0.1, -0.05) is 35.3 Å². The van der Waals surface area contributed by atoms with Crippen LogP contribution in [-0.2, 0) is 6.61 Å². The van der Waals surface area contributed by atoms with Crippen molar-refractivity contribution in [2.75, 3.05) is 7.11 Å². The molecule has 7 heteroatoms. The first-order valence-corrected chi connectivity index (χ1v) is 9.45. The highest BCUT2D eigenvalue weighted by molar-refractivity contribution is 6.30. The van der Waals surface area contributed by atoms with E-state index in [0.717, 1.165) is 11.1 Å². The molecule has 0 aliphatic carbocycles. The lowest BCUT2D eigenvalue weighted by Crippen LogP contribution is -2.17. The first-order valence-electron chi connectivity index (χ1n) is 8.69. The molecule has 5 nitrogen and oxygen atoms in total. The van der Waals surface area contributed by atoms with Crippen molar-refractivity contribution in [1.29, 1.82) is 0 Å². The van der Waals surface area contributed by atoms with Crippen LogP contribution in [-0.4, -0.2) is 19.2 Å². The number of hydrogen-bond donors (Lipinski definition) is 1. The summed E-state index contributed by atoms with van der Waals surface area (Å²) >= 11 is 11.8. The van der Waals surface area contributed by atoms with Crippen molar-refractivity contribution in [2.45, 2.75) is 6.61 Å². The zero-order chi connectivity index (χ0) is 20.6. The predicted octanol–water partition coefficient (Wildman–Crippen LogP) is 5.34. The lowest BCUT2D eigenvalue weighted by atomic mass is 10.2. The zero-order valence-electron chi connectivity index (χ0n) is 15.6. The van der Waals surface area contributed by atoms with Crippen LogP contribution in [0.15, 0.2) is 71.8 Å². The Bertz CT molecular complexity index is 1020. The molecule has 148 valence electrons. The monoisotopic (exact) mass is 428 g/mol. The number of nitrogens with one attached hydrogen (secondary N) is 1. The van der Waals surface area contributed by atoms with E-state index < -0.39 is 0 Å². The van der Waals surface area contributed by atoms with Crippen LogP contribution in [0, 0.1) is 0 Å². The Morgan fingerprint density at radius 3 is 2.52 bits per heavy atom. The molecule has 0 saturated carbocycles. The average molecular weight is 429 g/mol. The molecule has 3 rings (SSSR count). The predicted molar refractivity (Wildman–Crippen MR) is 115 cm³/mol. The number of ether oxygens (including phenoxy) is 2. The molecule has 0 aromatic heterocycles. The summed E-state index contributed by atoms with van der Waals surface area (Å²) < 4.78 is 11.2. The van der Waals surface area contributed by atoms with Crippen LogP contribution < -0.4 is 14.9 Å². The van der Waals surface area contributed by atoms with Gasteiger partial charge in [0.1, 0.15) is 6.61 Å². The van der Waals surface area contributed by atoms with Crippen LogP contribution >= 0.6 is 23.2 Å². The number of benzene rings is 3. The molecule has 0 spiro atoms. The maximum Gasteiger partial charge on any atom is 0.271 e. The van der Waals surface area contributed by atoms with E-state index in [0.29, 0.717) is 33.7 Å². The molecule has 0 atom stereocenters. The number of amides is 1. The molecule has 0 unspecified atom stereocenters. The SMILES string of the molecule is COc1cc(/C=N\NC(=O)c2ccc(Cl)cc2)ccc1OCc1cccc(Cl)c1. The van der Waals surface area contributed by atoms with Gasteiger partial charge in [-0.3, -0.25) is 4.79 Å². The van der Waals surface area contributed by atoms with Crippen molar-refractivity contribution in [1.82, 2.24) is 5.43 Å². The normalized spacial score (nSPS) is 10.7. The second kappa shape index (κ2) is 9.96. The highest BCUT2D eigenvalue weighted by atomic mass is 35.5. The number of rotatable bonds is 7. The molecule has 29 heavy (non-hydrogen) atoms. The minimum absolute atomic E-state index is 0.327. The highest BCUT2D eigenvalue weighted by Gasteiger charge is 2.07. The van der Waals surface area contributed by atoms with Crippen molar-refractivity contribution in [2.24, 2.45) is 5.10 Å². The molecule has 0 fully saturated rings. The Hall–Kier alpha value is -3.02. The van der Waals surface area contributed by atoms with Gasteiger partial charge >= 0.3 is 0 Å². The molecule has 3 aromatic carbocycles. The Morgan fingerprint density at radius 2 is 1.79 bits per heavy atom. The fraction of sp³-hybridized carbons (Fsp3) is 0.0909. The molecule has 1 amide bonds. The van der Waals surface area contributed by atoms with Crippen molar-refractivity contribution in [3.8, 4) is 11.5 Å². The fourth-order valence-electron chi connectivity index (χ4n) is 2.50. The van der Waals surface area contributed by atoms with Gasteiger partial charge in [0.2, 0.25) is 0 Å². The number of nitrogens with zero attached hydrogens (tertiary/aromatic N) is 1. The Kier molecular flexibility index (Phi) is 7.11. The molecule has 0 saturated heterocycles. The molecule has 0 heterocycles. The Labute approximate surface area is 178 Å². The lowest BCUT2D eigenvalue weighted by Gasteiger charge is -2.11. The summed E-state index contributed by atoms with van der Waals surface area (Å²) in [7, 11) is 1.56. The summed E-state index contributed by atoms with van der Waals surface area (Å²) in [4.78, 5) is 12.0. The van der Waals surface area contributed by atoms with Crippen molar-refractivity contribution >= 4 is 35.3 Å². The van der Waals surface area contributed by atoms with E-state index in [1.807, 2.05) is 30.3 Å². The fourth-order valence-corrected chi connectivity index (χ4v) is 2.84. The Balaban J connectivity index is 1.62. The first kappa shape index (κ1) is 20.7. The maximum atomic E-state index is 12.0. The van der Waals surface area contributed by atoms with E-state index in [4.69, 9.17) is 32.7 Å². The molecule has 0 aliphatic heterocycles. The molecule has 3 aromatic rings. The standard InChI is InChI=1S/C22H18Cl2N2O3/c1-28-21-12-15(13-25-26-22(27)17-6-8-18(23)9-7-17)5-10-20(21)29-14-16-3-2-4-19(24)11-16/h2-13H,14H2,1H3,(H,26,27)/b25-13-. The van der Waals surface area contributed by atoms with Crippen LogP contribution in [0.25, 0.3) is 0 Å². The molecular weight excluding hydrogens is 411 g/mol. The van der Waals surface area contributed by atoms with Gasteiger partial charge in [-0.25, -0.2) is 5.43 Å². The molecule has 1 N–H and O–H groups in total. The van der Waals surface area contributed by atoms with Crippen LogP contribution in [0.2, 0.25) is 10.0 Å². The van der Waals surface area contributed by atoms with Crippen LogP contribution in [0.4, 0.5) is 0 Å². The van der Waals surface area contributed by atoms with Crippen LogP contribution in [0.1, 0.15) is 21.5 Å². The first-order chi connectivity index (χ1) is 14.0. The van der Waals surface area contributed by atoms with Crippen molar-refractivity contribution in [3.05, 3.63) is 93.5 Å². The van der Waals surface area contributed by atoms with Gasteiger partial charge < -0.3 is 9.47 Å². The van der Waals surface area contributed by atoms with E-state index in [9.17, 15) is 4.79 Å². The number of hydrogen-bond acceptors (Lipinski definition) is 4. The highest BCUT2D eigenvalue weighted by Crippen LogP contribution is 2.28. The largest absolute Gasteiger partial charge is 0.493 e. The minimum atomic E-state index is -0.327. The molecular formula is C22H18Cl2N2O3. The van der Waals surface area contributed by atoms with Gasteiger partial charge in [-0.05, 0) is 65.7 Å². The second-order valence-corrected chi connectivity index (χ2v) is 6.91. The molecule has 0 bridgehead atoms. The van der Waals surface area contributed by atoms with Gasteiger partial charge in [0.25, 0.3) is 5.91 Å². The van der Waals surface area contributed by atoms with E-state index in [1.165, 1.54) is 6.21 Å². The summed E-state index contributed by atoms with van der Waals surface area (Å²) in [5.41, 5.74) is 4.64. The van der Waals surface area contributed by atoms with Gasteiger partial charge in [-0.2, -0.15) is 5.10 Å². The van der Waals surface area contributed by atoms with Crippen molar-refractivity contribution in [3.63, 3.8) is 0 Å². The van der Waals surface area contributed by atoms with Crippen LogP contribution in [0.3, 0.4) is 0 Å². The lowest BCUT2D eigenvalue weighted by molar-refractivity contribution is 0.0955. The summed E-state index contributed by atoms with van der Waals surface area (Å²) in [5.74, 6) is 0.821. The van der Waals surface area contributed by atoms with Crippen molar-refractivity contribution < 1.29 is 14.3 Å². The number of halogens is 2. The average Bonchev–Trinajstić information content (AvgIpc) is 2.73. The van der Waals surface area contributed by atoms with E-state index in [2.05, 4.69) is 10.5 Å². The molecule has 0 aliphatic rings. The minimum Gasteiger partial charge on any atom is -0.493 e. The quantitative estimate of drug-likeness (QED) is 0.407. The third kappa shape index (κ3) is 5.98. The van der Waals surface area contributed by atoms with Gasteiger partial charge in [0.15, 0.2) is 11.5 Å². The zero-order valence-corrected chi connectivity index (χ0v) is 17.1. The third-order valence-electron chi connectivity index (χ3n) is 3.96. The Morgan fingerprint density at radius 1 is 1.00 bits per heavy atom. The molecule has 0 radical (unpaired) electrons. The van der Waals surface area contributed by atoms with E-state index >= 15 is 0 Å². The van der Waals surface area contributed by atoms with Crippen LogP contribution in [0.5, 0.6) is 11.5 Å². The number of hydrazone groups is 1. The second-order valence-electron chi connectivity index (χ2n) is 6.03. The summed E-state index contributed by atoms with van der Waals surface area (Å²) in [6.45, 7) is 0.363. The van der Waals surface area contributed by atoms with E-state index in [1.54, 1.807) is 43.5 Å². The summed E-state index contributed by atoms with van der Waals surface area (Å²) in [5, 5.41) is 5.20. The summed E-state index contributed by atoms with van der Waals surface area (Å²) in [6.07, 6.45) is 1.52. The topological polar surface area (TPSA) is 59.9 Å². The number of methoxy groups -OCH3 is 1.